The average Bonchev–Trinajstić information content (AvgIpc) is 1.70. The van der Waals surface area contributed by atoms with E-state index in [0.29, 0.717) is 76.6 Å². The number of phenolic OH excluding ortho intramolecular Hbond substituents is 1. The Morgan fingerprint density at radius 2 is 0.893 bits per heavy atom. The van der Waals surface area contributed by atoms with Gasteiger partial charge < -0.3 is 116 Å². The van der Waals surface area contributed by atoms with Crippen molar-refractivity contribution in [1.82, 2.24) is 67.9 Å². The number of carbonyl (C=O) groups is 18. The highest BCUT2D eigenvalue weighted by Crippen LogP contribution is 2.26. The summed E-state index contributed by atoms with van der Waals surface area (Å²) in [6.07, 6.45) is 6.89. The van der Waals surface area contributed by atoms with Crippen molar-refractivity contribution >= 4 is 113 Å². The predicted octanol–water partition coefficient (Wildman–Crippen LogP) is -0.511. The summed E-state index contributed by atoms with van der Waals surface area (Å²) in [5, 5.41) is 83.5. The molecule has 3 aliphatic heterocycles. The number of nitrogens with two attached hydrogens (primary N) is 3. The van der Waals surface area contributed by atoms with E-state index >= 15 is 0 Å². The van der Waals surface area contributed by atoms with Gasteiger partial charge in [0.2, 0.25) is 76.8 Å². The van der Waals surface area contributed by atoms with Gasteiger partial charge in [0.1, 0.15) is 78.3 Å². The lowest BCUT2D eigenvalue weighted by Gasteiger charge is -2.37. The van der Waals surface area contributed by atoms with Gasteiger partial charge in [-0.2, -0.15) is 0 Å². The van der Waals surface area contributed by atoms with Gasteiger partial charge in [-0.15, -0.1) is 0 Å². The Morgan fingerprint density at radius 1 is 0.438 bits per heavy atom. The van der Waals surface area contributed by atoms with Crippen LogP contribution in [0.4, 0.5) is 0 Å². The van der Waals surface area contributed by atoms with Crippen LogP contribution in [0.15, 0.2) is 29.3 Å². The van der Waals surface area contributed by atoms with Crippen LogP contribution in [0.3, 0.4) is 0 Å². The van der Waals surface area contributed by atoms with Gasteiger partial charge in [0.15, 0.2) is 5.96 Å². The lowest BCUT2D eigenvalue weighted by molar-refractivity contribution is -0.146. The minimum absolute atomic E-state index is 0.00103. The largest absolute Gasteiger partial charge is 0.508 e. The number of likely N-dealkylation sites (tertiary alicyclic amines) is 3. The summed E-state index contributed by atoms with van der Waals surface area (Å²) in [4.78, 5) is 248. The highest BCUT2D eigenvalue weighted by molar-refractivity contribution is 6.00. The number of carboxylic acids is 5. The standard InChI is InChI=1S/C80H127N17O24/c1-6-8-24-52(90-73(114)58-25-17-19-41-95(58)76(117)51(81)23-20-40-85-80(82)83)68(109)84-39-18-15-13-11-9-10-12-14-16-28-61(99)88-57(45-65(106)107)72(113)93-56(44-49-29-31-50(98)32-30-49)71(112)92-55(35-38-64(104)105)77(118)96-42-21-27-60(96)75(116)94-66(46(3)7-2)78(119)97-43-22-26-59(97)74(115)91-54(34-37-63(102)103)70(111)89-53(33-36-62(100)101)69(110)86-47(4)67(108)87-48(5)79(120)121/h29-32,46-48,51-60,66,98H,6-28,33-45,81H2,1-5H3,(H,84,109)(H,86,110)(H,87,108)(H,88,99)(H,89,111)(H,90,114)(H,91,115)(H,92,112)(H,93,113)(H,94,116)(H,100,101)(H,102,103)(H,104,105)(H,106,107)(H,120,121)(H4,82,83,85)/t46-,47-,48-,51-,52-,53-,54-,55-,56-,57-,58+,59-,60-,66-/m0/s1. The molecule has 0 aromatic heterocycles. The van der Waals surface area contributed by atoms with E-state index in [-0.39, 0.29) is 81.6 Å². The van der Waals surface area contributed by atoms with Gasteiger partial charge in [0.05, 0.1) is 12.5 Å². The first-order chi connectivity index (χ1) is 57.4. The molecular weight excluding hydrogens is 1580 g/mol. The molecule has 3 fully saturated rings. The number of rotatable bonds is 56. The van der Waals surface area contributed by atoms with E-state index in [0.717, 1.165) is 74.5 Å². The maximum Gasteiger partial charge on any atom is 0.325 e. The van der Waals surface area contributed by atoms with E-state index in [1.165, 1.54) is 36.1 Å². The van der Waals surface area contributed by atoms with Gasteiger partial charge in [-0.1, -0.05) is 97.1 Å². The number of nitrogens with zero attached hydrogens (tertiary/aromatic N) is 4. The monoisotopic (exact) mass is 1710 g/mol. The predicted molar refractivity (Wildman–Crippen MR) is 436 cm³/mol. The van der Waals surface area contributed by atoms with Crippen molar-refractivity contribution in [2.75, 3.05) is 32.7 Å². The molecule has 1 aromatic carbocycles. The average molecular weight is 1710 g/mol. The van der Waals surface area contributed by atoms with Crippen molar-refractivity contribution in [3.63, 3.8) is 0 Å². The van der Waals surface area contributed by atoms with Gasteiger partial charge >= 0.3 is 29.8 Å². The topological polar surface area (TPSA) is 649 Å². The van der Waals surface area contributed by atoms with Crippen LogP contribution in [0.25, 0.3) is 0 Å². The number of aromatic hydroxyl groups is 1. The van der Waals surface area contributed by atoms with E-state index in [9.17, 15) is 117 Å². The number of unbranched alkanes of at least 4 members (excludes halogenated alkanes) is 9. The van der Waals surface area contributed by atoms with Crippen LogP contribution in [-0.2, 0) is 92.7 Å². The molecule has 0 saturated carbocycles. The molecule has 13 amide bonds. The Hall–Kier alpha value is -11.3. The van der Waals surface area contributed by atoms with Gasteiger partial charge in [0.25, 0.3) is 0 Å². The Morgan fingerprint density at radius 3 is 1.43 bits per heavy atom. The summed E-state index contributed by atoms with van der Waals surface area (Å²) in [7, 11) is 0. The number of aliphatic carboxylic acids is 5. The highest BCUT2D eigenvalue weighted by atomic mass is 16.4. The van der Waals surface area contributed by atoms with E-state index < -0.39 is 224 Å². The molecule has 22 N–H and O–H groups in total. The number of amides is 13. The molecule has 0 aliphatic carbocycles. The zero-order chi connectivity index (χ0) is 90.0. The molecule has 4 rings (SSSR count). The summed E-state index contributed by atoms with van der Waals surface area (Å²) in [6, 6.07) is -12.3. The van der Waals surface area contributed by atoms with Gasteiger partial charge in [-0.3, -0.25) is 91.3 Å². The second-order valence-electron chi connectivity index (χ2n) is 31.2. The van der Waals surface area contributed by atoms with Crippen LogP contribution in [-0.4, -0.2) is 269 Å². The van der Waals surface area contributed by atoms with Crippen molar-refractivity contribution in [3.05, 3.63) is 29.8 Å². The number of hydrogen-bond acceptors (Lipinski definition) is 21. The van der Waals surface area contributed by atoms with E-state index in [2.05, 4.69) is 58.2 Å². The molecule has 3 heterocycles. The molecular formula is C80H127N17O24. The van der Waals surface area contributed by atoms with Crippen LogP contribution in [0.5, 0.6) is 5.75 Å². The SMILES string of the molecule is CCCC[C@H](NC(=O)[C@H]1CCCCN1C(=O)[C@@H](N)CCCN=C(N)N)C(=O)NCCCCCCCCCCCC(=O)N[C@@H](CC(=O)O)C(=O)N[C@@H](Cc1ccc(O)cc1)C(=O)N[C@@H](CCC(=O)O)C(=O)N1CCC[C@H]1C(=O)N[C@H](C(=O)N1CCC[C@H]1C(=O)N[C@@H](CCC(=O)O)C(=O)N[C@@H](CCC(=O)O)C(=O)N[C@@H](C)C(=O)N[C@@H](C)C(=O)O)[C@@H](C)CC. The van der Waals surface area contributed by atoms with Gasteiger partial charge in [0, 0.05) is 64.8 Å². The number of hydrogen-bond donors (Lipinski definition) is 19. The minimum Gasteiger partial charge on any atom is -0.508 e. The molecule has 41 heteroatoms. The minimum atomic E-state index is -1.73. The summed E-state index contributed by atoms with van der Waals surface area (Å²) in [5.41, 5.74) is 17.4. The first-order valence-corrected chi connectivity index (χ1v) is 42.0. The molecule has 121 heavy (non-hydrogen) atoms. The number of carbonyl (C=O) groups excluding carboxylic acids is 13. The lowest BCUT2D eigenvalue weighted by atomic mass is 9.96. The normalized spacial score (nSPS) is 17.7. The van der Waals surface area contributed by atoms with E-state index in [4.69, 9.17) is 17.2 Å². The van der Waals surface area contributed by atoms with E-state index in [1.807, 2.05) is 6.92 Å². The van der Waals surface area contributed by atoms with Crippen LogP contribution >= 0.6 is 0 Å². The summed E-state index contributed by atoms with van der Waals surface area (Å²) >= 11 is 0. The first-order valence-electron chi connectivity index (χ1n) is 42.0. The van der Waals surface area contributed by atoms with Crippen molar-refractivity contribution in [2.24, 2.45) is 28.1 Å². The van der Waals surface area contributed by atoms with Crippen molar-refractivity contribution in [1.29, 1.82) is 0 Å². The van der Waals surface area contributed by atoms with Gasteiger partial charge in [-0.25, -0.2) is 0 Å². The Bertz CT molecular complexity index is 3730. The molecule has 0 spiro atoms. The van der Waals surface area contributed by atoms with Crippen LogP contribution in [0, 0.1) is 5.92 Å². The fourth-order valence-corrected chi connectivity index (χ4v) is 14.4. The third-order valence-corrected chi connectivity index (χ3v) is 21.5. The van der Waals surface area contributed by atoms with Crippen molar-refractivity contribution in [3.8, 4) is 5.75 Å². The number of benzene rings is 1. The van der Waals surface area contributed by atoms with Gasteiger partial charge in [-0.05, 0) is 134 Å². The van der Waals surface area contributed by atoms with Crippen molar-refractivity contribution < 1.29 is 117 Å². The third kappa shape index (κ3) is 36.3. The molecule has 1 aromatic rings. The third-order valence-electron chi connectivity index (χ3n) is 21.5. The highest BCUT2D eigenvalue weighted by Gasteiger charge is 2.45. The zero-order valence-electron chi connectivity index (χ0n) is 69.9. The van der Waals surface area contributed by atoms with Crippen LogP contribution in [0.2, 0.25) is 0 Å². The number of phenols is 1. The molecule has 0 radical (unpaired) electrons. The van der Waals surface area contributed by atoms with Crippen LogP contribution < -0.4 is 70.4 Å². The maximum atomic E-state index is 14.8. The Labute approximate surface area is 703 Å². The lowest BCUT2D eigenvalue weighted by Crippen LogP contribution is -2.61. The van der Waals surface area contributed by atoms with Crippen LogP contribution in [0.1, 0.15) is 233 Å². The fraction of sp³-hybridized carbons (Fsp3) is 0.688. The number of nitrogens with one attached hydrogen (secondary N) is 10. The zero-order valence-corrected chi connectivity index (χ0v) is 69.9. The second-order valence-corrected chi connectivity index (χ2v) is 31.2. The summed E-state index contributed by atoms with van der Waals surface area (Å²) in [6.45, 7) is 8.58. The Balaban J connectivity index is 1.37. The number of aliphatic imine (C=N–C) groups is 1. The molecule has 3 aliphatic rings. The maximum absolute atomic E-state index is 14.8. The molecule has 3 saturated heterocycles. The fourth-order valence-electron chi connectivity index (χ4n) is 14.4. The quantitative estimate of drug-likeness (QED) is 0.0222. The summed E-state index contributed by atoms with van der Waals surface area (Å²) in [5.74, 6) is -18.6. The Kier molecular flexibility index (Phi) is 45.0. The first kappa shape index (κ1) is 102. The number of carboxylic acid groups (broad SMARTS) is 5. The van der Waals surface area contributed by atoms with Crippen molar-refractivity contribution in [2.45, 2.75) is 312 Å². The molecule has 0 unspecified atom stereocenters. The number of guanidine groups is 1. The smallest absolute Gasteiger partial charge is 0.325 e. The summed E-state index contributed by atoms with van der Waals surface area (Å²) < 4.78 is 0. The second kappa shape index (κ2) is 53.4. The molecule has 41 nitrogen and oxygen atoms in total. The molecule has 676 valence electrons. The number of piperidine rings is 1. The van der Waals surface area contributed by atoms with E-state index in [1.54, 1.807) is 13.8 Å². The molecule has 0 bridgehead atoms. The molecule has 14 atom stereocenters.